The van der Waals surface area contributed by atoms with E-state index in [2.05, 4.69) is 31.9 Å². The first-order valence-corrected chi connectivity index (χ1v) is 10.1. The highest BCUT2D eigenvalue weighted by atomic mass is 79.9. The third-order valence-corrected chi connectivity index (χ3v) is 6.42. The Bertz CT molecular complexity index is 722. The van der Waals surface area contributed by atoms with Crippen LogP contribution in [0.4, 0.5) is 0 Å². The predicted octanol–water partition coefficient (Wildman–Crippen LogP) is 3.57. The zero-order valence-corrected chi connectivity index (χ0v) is 16.9. The largest absolute Gasteiger partial charge is 0.485 e. The molecule has 0 saturated carbocycles. The molecule has 2 fully saturated rings. The Morgan fingerprint density at radius 3 is 2.68 bits per heavy atom. The van der Waals surface area contributed by atoms with Gasteiger partial charge in [0.05, 0.1) is 29.0 Å². The van der Waals surface area contributed by atoms with Crippen molar-refractivity contribution < 1.29 is 19.1 Å². The minimum Gasteiger partial charge on any atom is -0.485 e. The smallest absolute Gasteiger partial charge is 0.228 e. The lowest BCUT2D eigenvalue weighted by molar-refractivity contribution is -0.139. The van der Waals surface area contributed by atoms with E-state index < -0.39 is 5.60 Å². The molecule has 1 aromatic carbocycles. The van der Waals surface area contributed by atoms with Gasteiger partial charge in [0, 0.05) is 37.0 Å². The number of ketones is 1. The number of halogens is 2. The van der Waals surface area contributed by atoms with E-state index in [0.717, 1.165) is 15.4 Å². The Kier molecular flexibility index (Phi) is 4.67. The minimum atomic E-state index is -0.497. The Morgan fingerprint density at radius 2 is 2.00 bits per heavy atom. The third kappa shape index (κ3) is 3.26. The molecule has 1 aromatic rings. The summed E-state index contributed by atoms with van der Waals surface area (Å²) >= 11 is 6.92. The molecule has 1 unspecified atom stereocenters. The van der Waals surface area contributed by atoms with Gasteiger partial charge < -0.3 is 14.4 Å². The summed E-state index contributed by atoms with van der Waals surface area (Å²) in [5.74, 6) is 0.908. The highest BCUT2D eigenvalue weighted by Crippen LogP contribution is 2.44. The van der Waals surface area contributed by atoms with Gasteiger partial charge in [-0.3, -0.25) is 9.59 Å². The number of amides is 1. The van der Waals surface area contributed by atoms with Gasteiger partial charge in [-0.2, -0.15) is 0 Å². The average Bonchev–Trinajstić information content (AvgIpc) is 3.11. The number of hydrogen-bond donors (Lipinski definition) is 0. The van der Waals surface area contributed by atoms with Gasteiger partial charge in [-0.15, -0.1) is 0 Å². The lowest BCUT2D eigenvalue weighted by Crippen LogP contribution is -2.53. The van der Waals surface area contributed by atoms with Crippen LogP contribution in [-0.4, -0.2) is 48.5 Å². The van der Waals surface area contributed by atoms with Crippen molar-refractivity contribution in [1.82, 2.24) is 4.90 Å². The molecule has 0 bridgehead atoms. The second-order valence-corrected chi connectivity index (χ2v) is 8.81. The van der Waals surface area contributed by atoms with Crippen LogP contribution in [0.3, 0.4) is 0 Å². The van der Waals surface area contributed by atoms with Gasteiger partial charge in [-0.25, -0.2) is 0 Å². The van der Waals surface area contributed by atoms with E-state index in [0.29, 0.717) is 56.9 Å². The van der Waals surface area contributed by atoms with Crippen LogP contribution in [0, 0.1) is 5.92 Å². The van der Waals surface area contributed by atoms with Crippen molar-refractivity contribution in [2.75, 3.05) is 26.3 Å². The SMILES string of the molecule is O=C1CC2(CCN(C(=O)C3CCOC3)CC2)Oc2c(Br)cc(Br)cc21. The first kappa shape index (κ1) is 17.5. The van der Waals surface area contributed by atoms with Crippen LogP contribution < -0.4 is 4.74 Å². The van der Waals surface area contributed by atoms with Crippen LogP contribution in [0.15, 0.2) is 21.1 Å². The van der Waals surface area contributed by atoms with Crippen molar-refractivity contribution in [2.24, 2.45) is 5.92 Å². The van der Waals surface area contributed by atoms with E-state index in [1.807, 2.05) is 17.0 Å². The molecule has 7 heteroatoms. The molecule has 25 heavy (non-hydrogen) atoms. The quantitative estimate of drug-likeness (QED) is 0.626. The molecule has 0 aromatic heterocycles. The van der Waals surface area contributed by atoms with E-state index in [1.54, 1.807) is 0 Å². The normalized spacial score (nSPS) is 25.0. The van der Waals surface area contributed by atoms with Crippen molar-refractivity contribution >= 4 is 43.6 Å². The number of likely N-dealkylation sites (tertiary alicyclic amines) is 1. The Balaban J connectivity index is 1.49. The van der Waals surface area contributed by atoms with Crippen LogP contribution in [0.25, 0.3) is 0 Å². The van der Waals surface area contributed by atoms with Crippen LogP contribution in [0.5, 0.6) is 5.75 Å². The van der Waals surface area contributed by atoms with E-state index >= 15 is 0 Å². The van der Waals surface area contributed by atoms with Gasteiger partial charge in [-0.05, 0) is 34.5 Å². The van der Waals surface area contributed by atoms with Crippen LogP contribution >= 0.6 is 31.9 Å². The number of ether oxygens (including phenoxy) is 2. The van der Waals surface area contributed by atoms with Gasteiger partial charge in [-0.1, -0.05) is 15.9 Å². The molecule has 1 spiro atoms. The van der Waals surface area contributed by atoms with Crippen molar-refractivity contribution in [3.05, 3.63) is 26.6 Å². The molecule has 0 aliphatic carbocycles. The van der Waals surface area contributed by atoms with Gasteiger partial charge in [0.15, 0.2) is 5.78 Å². The van der Waals surface area contributed by atoms with E-state index in [9.17, 15) is 9.59 Å². The zero-order valence-electron chi connectivity index (χ0n) is 13.7. The summed E-state index contributed by atoms with van der Waals surface area (Å²) < 4.78 is 13.3. The molecule has 0 N–H and O–H groups in total. The summed E-state index contributed by atoms with van der Waals surface area (Å²) in [6.45, 7) is 2.47. The summed E-state index contributed by atoms with van der Waals surface area (Å²) in [7, 11) is 0. The maximum atomic E-state index is 12.7. The van der Waals surface area contributed by atoms with Gasteiger partial charge >= 0.3 is 0 Å². The number of Topliss-reactive ketones (excluding diaryl/α,β-unsaturated/α-hetero) is 1. The summed E-state index contributed by atoms with van der Waals surface area (Å²) in [5.41, 5.74) is 0.122. The molecule has 3 aliphatic rings. The molecule has 2 saturated heterocycles. The molecule has 5 nitrogen and oxygen atoms in total. The standard InChI is InChI=1S/C18H19Br2NO4/c19-12-7-13-15(22)9-18(25-16(13)14(20)8-12)2-4-21(5-3-18)17(23)11-1-6-24-10-11/h7-8,11H,1-6,9-10H2. The molecule has 4 rings (SSSR count). The first-order valence-electron chi connectivity index (χ1n) is 8.55. The summed E-state index contributed by atoms with van der Waals surface area (Å²) in [6, 6.07) is 3.71. The number of piperidine rings is 1. The average molecular weight is 473 g/mol. The fourth-order valence-corrected chi connectivity index (χ4v) is 5.22. The molecule has 3 aliphatic heterocycles. The lowest BCUT2D eigenvalue weighted by atomic mass is 9.82. The topological polar surface area (TPSA) is 55.8 Å². The molecule has 3 heterocycles. The van der Waals surface area contributed by atoms with Crippen molar-refractivity contribution in [3.8, 4) is 5.75 Å². The van der Waals surface area contributed by atoms with Crippen molar-refractivity contribution in [1.29, 1.82) is 0 Å². The third-order valence-electron chi connectivity index (χ3n) is 5.38. The fourth-order valence-electron chi connectivity index (χ4n) is 3.91. The number of carbonyl (C=O) groups is 2. The Morgan fingerprint density at radius 1 is 1.24 bits per heavy atom. The van der Waals surface area contributed by atoms with Crippen molar-refractivity contribution in [3.63, 3.8) is 0 Å². The molecular formula is C18H19Br2NO4. The second kappa shape index (κ2) is 6.67. The molecule has 1 amide bonds. The maximum absolute atomic E-state index is 12.7. The van der Waals surface area contributed by atoms with Crippen LogP contribution in [0.1, 0.15) is 36.0 Å². The van der Waals surface area contributed by atoms with Gasteiger partial charge in [0.2, 0.25) is 5.91 Å². The highest BCUT2D eigenvalue weighted by Gasteiger charge is 2.45. The minimum absolute atomic E-state index is 0.00447. The van der Waals surface area contributed by atoms with E-state index in [-0.39, 0.29) is 17.6 Å². The van der Waals surface area contributed by atoms with Gasteiger partial charge in [0.1, 0.15) is 11.4 Å². The Hall–Kier alpha value is -0.920. The van der Waals surface area contributed by atoms with E-state index in [4.69, 9.17) is 9.47 Å². The maximum Gasteiger partial charge on any atom is 0.228 e. The molecule has 1 atom stereocenters. The number of hydrogen-bond acceptors (Lipinski definition) is 4. The highest BCUT2D eigenvalue weighted by molar-refractivity contribution is 9.11. The summed E-state index contributed by atoms with van der Waals surface area (Å²) in [4.78, 5) is 27.1. The Labute approximate surface area is 163 Å². The summed E-state index contributed by atoms with van der Waals surface area (Å²) in [5, 5.41) is 0. The second-order valence-electron chi connectivity index (χ2n) is 7.04. The lowest BCUT2D eigenvalue weighted by Gasteiger charge is -2.44. The predicted molar refractivity (Wildman–Crippen MR) is 98.9 cm³/mol. The number of rotatable bonds is 1. The summed E-state index contributed by atoms with van der Waals surface area (Å²) in [6.07, 6.45) is 2.54. The fraction of sp³-hybridized carbons (Fsp3) is 0.556. The van der Waals surface area contributed by atoms with Gasteiger partial charge in [0.25, 0.3) is 0 Å². The monoisotopic (exact) mass is 471 g/mol. The number of nitrogens with zero attached hydrogens (tertiary/aromatic N) is 1. The number of benzene rings is 1. The van der Waals surface area contributed by atoms with Crippen LogP contribution in [-0.2, 0) is 9.53 Å². The first-order chi connectivity index (χ1) is 12.0. The number of carbonyl (C=O) groups excluding carboxylic acids is 2. The molecular weight excluding hydrogens is 454 g/mol. The van der Waals surface area contributed by atoms with Crippen LogP contribution in [0.2, 0.25) is 0 Å². The molecule has 0 radical (unpaired) electrons. The number of fused-ring (bicyclic) bond motifs is 1. The van der Waals surface area contributed by atoms with E-state index in [1.165, 1.54) is 0 Å². The molecule has 134 valence electrons. The van der Waals surface area contributed by atoms with Crippen molar-refractivity contribution in [2.45, 2.75) is 31.3 Å². The zero-order chi connectivity index (χ0) is 17.6.